The van der Waals surface area contributed by atoms with E-state index in [1.165, 1.54) is 0 Å². The normalized spacial score (nSPS) is 13.5. The summed E-state index contributed by atoms with van der Waals surface area (Å²) < 4.78 is 0.408. The molecule has 0 aliphatic rings. The summed E-state index contributed by atoms with van der Waals surface area (Å²) in [4.78, 5) is 4.92. The highest BCUT2D eigenvalue weighted by Gasteiger charge is 1.90. The standard InChI is InChI=1S/C6H11IN2O/c1-3-5(4-2)10-9-6(7)8/h3H,4H2,1-2H3,(H2,8,9)/b5-3-. The van der Waals surface area contributed by atoms with Gasteiger partial charge in [-0.3, -0.25) is 0 Å². The fourth-order valence-electron chi connectivity index (χ4n) is 0.424. The van der Waals surface area contributed by atoms with Crippen LogP contribution in [0.2, 0.25) is 0 Å². The second-order valence-corrected chi connectivity index (χ2v) is 2.72. The fraction of sp³-hybridized carbons (Fsp3) is 0.500. The molecule has 0 spiro atoms. The van der Waals surface area contributed by atoms with Gasteiger partial charge in [0.25, 0.3) is 0 Å². The molecule has 0 radical (unpaired) electrons. The van der Waals surface area contributed by atoms with Crippen LogP contribution in [0, 0.1) is 0 Å². The Kier molecular flexibility index (Phi) is 5.38. The molecule has 0 rings (SSSR count). The van der Waals surface area contributed by atoms with Crippen molar-refractivity contribution in [1.82, 2.24) is 0 Å². The first-order valence-corrected chi connectivity index (χ1v) is 4.09. The third kappa shape index (κ3) is 4.60. The molecule has 58 valence electrons. The minimum Gasteiger partial charge on any atom is -0.376 e. The summed E-state index contributed by atoms with van der Waals surface area (Å²) in [5.74, 6) is 0.833. The Morgan fingerprint density at radius 3 is 2.70 bits per heavy atom. The minimum atomic E-state index is 0.408. The van der Waals surface area contributed by atoms with Crippen molar-refractivity contribution >= 4 is 26.4 Å². The maximum Gasteiger partial charge on any atom is 0.201 e. The van der Waals surface area contributed by atoms with E-state index in [-0.39, 0.29) is 0 Å². The lowest BCUT2D eigenvalue weighted by molar-refractivity contribution is 0.219. The Morgan fingerprint density at radius 2 is 2.40 bits per heavy atom. The number of rotatable bonds is 3. The molecule has 0 aliphatic heterocycles. The number of nitrogens with zero attached hydrogens (tertiary/aromatic N) is 1. The minimum absolute atomic E-state index is 0.408. The van der Waals surface area contributed by atoms with Gasteiger partial charge in [-0.1, -0.05) is 12.1 Å². The van der Waals surface area contributed by atoms with Crippen molar-refractivity contribution in [3.05, 3.63) is 11.8 Å². The van der Waals surface area contributed by atoms with E-state index in [4.69, 9.17) is 10.6 Å². The molecule has 0 aromatic heterocycles. The molecule has 0 unspecified atom stereocenters. The second kappa shape index (κ2) is 5.52. The van der Waals surface area contributed by atoms with Gasteiger partial charge in [0, 0.05) is 29.0 Å². The zero-order valence-corrected chi connectivity index (χ0v) is 8.25. The van der Waals surface area contributed by atoms with Crippen LogP contribution >= 0.6 is 22.6 Å². The lowest BCUT2D eigenvalue weighted by Crippen LogP contribution is -2.01. The van der Waals surface area contributed by atoms with Crippen LogP contribution in [0.1, 0.15) is 20.3 Å². The molecule has 2 N–H and O–H groups in total. The molecule has 0 amide bonds. The summed E-state index contributed by atoms with van der Waals surface area (Å²) in [6.07, 6.45) is 2.70. The summed E-state index contributed by atoms with van der Waals surface area (Å²) in [6.45, 7) is 3.89. The van der Waals surface area contributed by atoms with Gasteiger partial charge in [-0.2, -0.15) is 0 Å². The van der Waals surface area contributed by atoms with Gasteiger partial charge in [0.2, 0.25) is 3.84 Å². The molecular formula is C6H11IN2O. The van der Waals surface area contributed by atoms with E-state index in [0.29, 0.717) is 3.84 Å². The summed E-state index contributed by atoms with van der Waals surface area (Å²) in [5.41, 5.74) is 5.23. The third-order valence-electron chi connectivity index (χ3n) is 0.921. The monoisotopic (exact) mass is 254 g/mol. The van der Waals surface area contributed by atoms with E-state index in [1.54, 1.807) is 0 Å². The van der Waals surface area contributed by atoms with Crippen molar-refractivity contribution in [3.8, 4) is 0 Å². The zero-order chi connectivity index (χ0) is 7.98. The number of amidine groups is 1. The van der Waals surface area contributed by atoms with Crippen LogP contribution in [-0.4, -0.2) is 3.84 Å². The van der Waals surface area contributed by atoms with Gasteiger partial charge in [-0.15, -0.1) is 0 Å². The highest BCUT2D eigenvalue weighted by atomic mass is 127. The van der Waals surface area contributed by atoms with Crippen LogP contribution < -0.4 is 5.73 Å². The van der Waals surface area contributed by atoms with Crippen molar-refractivity contribution < 1.29 is 4.84 Å². The largest absolute Gasteiger partial charge is 0.376 e. The first kappa shape index (κ1) is 9.74. The van der Waals surface area contributed by atoms with Crippen molar-refractivity contribution in [2.45, 2.75) is 20.3 Å². The van der Waals surface area contributed by atoms with E-state index in [2.05, 4.69) is 5.16 Å². The molecule has 4 heteroatoms. The first-order chi connectivity index (χ1) is 4.70. The topological polar surface area (TPSA) is 47.6 Å². The van der Waals surface area contributed by atoms with Gasteiger partial charge in [0.1, 0.15) is 5.76 Å². The third-order valence-corrected chi connectivity index (χ3v) is 1.12. The summed E-state index contributed by atoms with van der Waals surface area (Å²) in [5, 5.41) is 3.58. The molecular weight excluding hydrogens is 243 g/mol. The van der Waals surface area contributed by atoms with E-state index in [0.717, 1.165) is 12.2 Å². The fourth-order valence-corrected chi connectivity index (χ4v) is 0.522. The molecule has 0 bridgehead atoms. The highest BCUT2D eigenvalue weighted by molar-refractivity contribution is 14.1. The molecule has 0 aliphatic carbocycles. The van der Waals surface area contributed by atoms with Crippen LogP contribution in [-0.2, 0) is 4.84 Å². The summed E-state index contributed by atoms with van der Waals surface area (Å²) in [7, 11) is 0. The van der Waals surface area contributed by atoms with Gasteiger partial charge in [0.15, 0.2) is 0 Å². The van der Waals surface area contributed by atoms with Crippen LogP contribution in [0.3, 0.4) is 0 Å². The highest BCUT2D eigenvalue weighted by Crippen LogP contribution is 2.02. The number of nitrogens with two attached hydrogens (primary N) is 1. The Bertz CT molecular complexity index is 150. The smallest absolute Gasteiger partial charge is 0.201 e. The zero-order valence-electron chi connectivity index (χ0n) is 6.10. The Hall–Kier alpha value is -0.260. The summed E-state index contributed by atoms with van der Waals surface area (Å²) in [6, 6.07) is 0. The number of hydrogen-bond donors (Lipinski definition) is 1. The van der Waals surface area contributed by atoms with E-state index in [1.807, 2.05) is 42.5 Å². The van der Waals surface area contributed by atoms with Crippen LogP contribution in [0.4, 0.5) is 0 Å². The molecule has 3 nitrogen and oxygen atoms in total. The van der Waals surface area contributed by atoms with Crippen molar-refractivity contribution in [2.24, 2.45) is 10.9 Å². The Morgan fingerprint density at radius 1 is 1.80 bits per heavy atom. The molecule has 0 atom stereocenters. The van der Waals surface area contributed by atoms with Crippen molar-refractivity contribution in [3.63, 3.8) is 0 Å². The number of halogens is 1. The van der Waals surface area contributed by atoms with Crippen LogP contribution in [0.5, 0.6) is 0 Å². The lowest BCUT2D eigenvalue weighted by Gasteiger charge is -1.98. The lowest BCUT2D eigenvalue weighted by atomic mass is 10.4. The predicted octanol–water partition coefficient (Wildman–Crippen LogP) is 1.98. The SMILES string of the molecule is C/C=C(/CC)O/N=C(\N)I. The first-order valence-electron chi connectivity index (χ1n) is 3.01. The van der Waals surface area contributed by atoms with Gasteiger partial charge in [0.05, 0.1) is 0 Å². The van der Waals surface area contributed by atoms with Crippen LogP contribution in [0.25, 0.3) is 0 Å². The molecule has 0 saturated carbocycles. The molecule has 0 aromatic rings. The Labute approximate surface area is 74.4 Å². The maximum atomic E-state index is 5.23. The van der Waals surface area contributed by atoms with Crippen LogP contribution in [0.15, 0.2) is 17.0 Å². The van der Waals surface area contributed by atoms with E-state index < -0.39 is 0 Å². The predicted molar refractivity (Wildman–Crippen MR) is 50.8 cm³/mol. The Balaban J connectivity index is 3.78. The molecule has 0 heterocycles. The quantitative estimate of drug-likeness (QED) is 0.209. The average molecular weight is 254 g/mol. The molecule has 0 aromatic carbocycles. The number of hydrogen-bond acceptors (Lipinski definition) is 2. The van der Waals surface area contributed by atoms with Crippen molar-refractivity contribution in [1.29, 1.82) is 0 Å². The molecule has 10 heavy (non-hydrogen) atoms. The average Bonchev–Trinajstić information content (AvgIpc) is 1.90. The van der Waals surface area contributed by atoms with E-state index in [9.17, 15) is 0 Å². The summed E-state index contributed by atoms with van der Waals surface area (Å²) >= 11 is 1.88. The number of allylic oxidation sites excluding steroid dienone is 2. The maximum absolute atomic E-state index is 5.23. The van der Waals surface area contributed by atoms with Gasteiger partial charge >= 0.3 is 0 Å². The van der Waals surface area contributed by atoms with E-state index >= 15 is 0 Å². The van der Waals surface area contributed by atoms with Gasteiger partial charge < -0.3 is 10.6 Å². The number of oxime groups is 1. The second-order valence-electron chi connectivity index (χ2n) is 1.61. The van der Waals surface area contributed by atoms with Gasteiger partial charge in [-0.05, 0) is 13.0 Å². The molecule has 0 fully saturated rings. The molecule has 0 saturated heterocycles. The van der Waals surface area contributed by atoms with Gasteiger partial charge in [-0.25, -0.2) is 0 Å². The van der Waals surface area contributed by atoms with Crippen molar-refractivity contribution in [2.75, 3.05) is 0 Å².